The van der Waals surface area contributed by atoms with Gasteiger partial charge in [0.25, 0.3) is 0 Å². The molecule has 0 saturated carbocycles. The molecule has 0 aromatic heterocycles. The first-order valence-electron chi connectivity index (χ1n) is 8.81. The van der Waals surface area contributed by atoms with E-state index >= 15 is 0 Å². The number of aliphatic hydroxyl groups excluding tert-OH is 6. The van der Waals surface area contributed by atoms with E-state index in [-0.39, 0.29) is 0 Å². The van der Waals surface area contributed by atoms with Gasteiger partial charge in [0.15, 0.2) is 12.6 Å². The molecule has 2 aliphatic heterocycles. The van der Waals surface area contributed by atoms with E-state index in [4.69, 9.17) is 24.0 Å². The van der Waals surface area contributed by atoms with Crippen LogP contribution >= 0.6 is 7.82 Å². The third-order valence-electron chi connectivity index (χ3n) is 4.60. The van der Waals surface area contributed by atoms with Gasteiger partial charge in [-0.2, -0.15) is 0 Å². The Bertz CT molecular complexity index is 630. The molecule has 1 amide bonds. The van der Waals surface area contributed by atoms with E-state index < -0.39 is 88.3 Å². The van der Waals surface area contributed by atoms with Crippen molar-refractivity contribution in [2.45, 2.75) is 68.3 Å². The van der Waals surface area contributed by atoms with Gasteiger partial charge in [-0.25, -0.2) is 4.57 Å². The molecule has 2 heterocycles. The maximum Gasteiger partial charge on any atom is 0.472 e. The predicted molar refractivity (Wildman–Crippen MR) is 91.1 cm³/mol. The molecule has 0 spiro atoms. The third kappa shape index (κ3) is 5.92. The second-order valence-electron chi connectivity index (χ2n) is 6.84. The van der Waals surface area contributed by atoms with Crippen LogP contribution in [-0.4, -0.2) is 121 Å². The van der Waals surface area contributed by atoms with Crippen molar-refractivity contribution in [1.82, 2.24) is 5.32 Å². The molecule has 9 N–H and O–H groups in total. The lowest BCUT2D eigenvalue weighted by atomic mass is 9.95. The Morgan fingerprint density at radius 2 is 1.50 bits per heavy atom. The highest BCUT2D eigenvalue weighted by atomic mass is 31.2. The number of phosphoric ester groups is 1. The van der Waals surface area contributed by atoms with Crippen LogP contribution in [0.15, 0.2) is 0 Å². The molecule has 176 valence electrons. The summed E-state index contributed by atoms with van der Waals surface area (Å²) in [6.07, 6.45) is -15.0. The Labute approximate surface area is 170 Å². The summed E-state index contributed by atoms with van der Waals surface area (Å²) < 4.78 is 31.4. The minimum absolute atomic E-state index is 0.726. The average molecular weight is 463 g/mol. The van der Waals surface area contributed by atoms with Crippen LogP contribution in [0.4, 0.5) is 0 Å². The van der Waals surface area contributed by atoms with E-state index in [1.54, 1.807) is 0 Å². The van der Waals surface area contributed by atoms with Gasteiger partial charge in [-0.15, -0.1) is 0 Å². The Morgan fingerprint density at radius 1 is 0.933 bits per heavy atom. The lowest BCUT2D eigenvalue weighted by molar-refractivity contribution is -0.344. The van der Waals surface area contributed by atoms with Crippen molar-refractivity contribution < 1.29 is 68.5 Å². The molecule has 0 bridgehead atoms. The van der Waals surface area contributed by atoms with Crippen molar-refractivity contribution in [2.24, 2.45) is 0 Å². The van der Waals surface area contributed by atoms with Crippen molar-refractivity contribution in [1.29, 1.82) is 0 Å². The molecule has 0 aromatic rings. The van der Waals surface area contributed by atoms with Gasteiger partial charge in [-0.1, -0.05) is 0 Å². The van der Waals surface area contributed by atoms with Crippen molar-refractivity contribution in [3.63, 3.8) is 0 Å². The van der Waals surface area contributed by atoms with Crippen LogP contribution in [-0.2, 0) is 28.1 Å². The van der Waals surface area contributed by atoms with Crippen molar-refractivity contribution in [2.75, 3.05) is 13.2 Å². The fourth-order valence-electron chi connectivity index (χ4n) is 3.18. The molecular weight excluding hydrogens is 437 g/mol. The van der Waals surface area contributed by atoms with Crippen LogP contribution < -0.4 is 5.32 Å². The molecule has 30 heavy (non-hydrogen) atoms. The molecule has 2 fully saturated rings. The van der Waals surface area contributed by atoms with E-state index in [9.17, 15) is 40.0 Å². The Morgan fingerprint density at radius 3 is 2.00 bits per heavy atom. The van der Waals surface area contributed by atoms with Gasteiger partial charge in [-0.3, -0.25) is 9.32 Å². The minimum Gasteiger partial charge on any atom is -0.394 e. The van der Waals surface area contributed by atoms with Crippen LogP contribution in [0, 0.1) is 0 Å². The van der Waals surface area contributed by atoms with E-state index in [0.29, 0.717) is 0 Å². The average Bonchev–Trinajstić information content (AvgIpc) is 2.65. The second-order valence-corrected chi connectivity index (χ2v) is 8.03. The minimum atomic E-state index is -5.13. The number of carbonyl (C=O) groups is 1. The van der Waals surface area contributed by atoms with E-state index in [2.05, 4.69) is 9.84 Å². The lowest BCUT2D eigenvalue weighted by Gasteiger charge is -2.47. The first-order valence-corrected chi connectivity index (χ1v) is 10.3. The van der Waals surface area contributed by atoms with Gasteiger partial charge in [0.2, 0.25) is 5.91 Å². The number of aliphatic hydroxyl groups is 6. The summed E-state index contributed by atoms with van der Waals surface area (Å²) in [5.74, 6) is -0.726. The Balaban J connectivity index is 2.25. The van der Waals surface area contributed by atoms with Gasteiger partial charge in [-0.05, 0) is 0 Å². The molecule has 0 aromatic carbocycles. The van der Waals surface area contributed by atoms with E-state index in [1.165, 1.54) is 0 Å². The van der Waals surface area contributed by atoms with Gasteiger partial charge >= 0.3 is 7.82 Å². The highest BCUT2D eigenvalue weighted by Gasteiger charge is 2.52. The van der Waals surface area contributed by atoms with E-state index in [1.807, 2.05) is 0 Å². The molecule has 0 unspecified atom stereocenters. The zero-order valence-corrected chi connectivity index (χ0v) is 16.6. The maximum absolute atomic E-state index is 11.5. The number of carbonyl (C=O) groups excluding carboxylic acids is 1. The number of hydrogen-bond donors (Lipinski definition) is 9. The Kier molecular flexibility index (Phi) is 8.68. The lowest BCUT2D eigenvalue weighted by Crippen LogP contribution is -2.67. The molecule has 10 atom stereocenters. The fourth-order valence-corrected chi connectivity index (χ4v) is 3.63. The van der Waals surface area contributed by atoms with Crippen molar-refractivity contribution in [3.8, 4) is 0 Å². The summed E-state index contributed by atoms with van der Waals surface area (Å²) in [5.41, 5.74) is 0. The molecule has 0 radical (unpaired) electrons. The van der Waals surface area contributed by atoms with Crippen molar-refractivity contribution in [3.05, 3.63) is 0 Å². The highest BCUT2D eigenvalue weighted by molar-refractivity contribution is 7.46. The van der Waals surface area contributed by atoms with Crippen LogP contribution in [0.5, 0.6) is 0 Å². The van der Waals surface area contributed by atoms with Crippen LogP contribution in [0.25, 0.3) is 0 Å². The normalized spacial score (nSPS) is 42.7. The van der Waals surface area contributed by atoms with Gasteiger partial charge < -0.3 is 60.0 Å². The SMILES string of the molecule is CC(=O)N[C@H]1[C@@H](OP(=O)(O)O)O[C@H](CO)[C@@H](O[C@@H]2O[C@H](CO)[C@H](O)[C@H](O)[C@H]2O)[C@@H]1O. The predicted octanol–water partition coefficient (Wildman–Crippen LogP) is -5.14. The molecule has 16 heteroatoms. The number of amides is 1. The van der Waals surface area contributed by atoms with Gasteiger partial charge in [0, 0.05) is 6.92 Å². The van der Waals surface area contributed by atoms with Gasteiger partial charge in [0.1, 0.15) is 48.8 Å². The zero-order valence-electron chi connectivity index (χ0n) is 15.7. The molecule has 0 aliphatic carbocycles. The molecule has 2 aliphatic rings. The maximum atomic E-state index is 11.5. The first kappa shape index (κ1) is 25.5. The number of rotatable bonds is 7. The summed E-state index contributed by atoms with van der Waals surface area (Å²) in [6, 6.07) is -1.58. The quantitative estimate of drug-likeness (QED) is 0.160. The smallest absolute Gasteiger partial charge is 0.394 e. The summed E-state index contributed by atoms with van der Waals surface area (Å²) in [7, 11) is -5.13. The molecule has 2 saturated heterocycles. The fraction of sp³-hybridized carbons (Fsp3) is 0.929. The molecule has 2 rings (SSSR count). The summed E-state index contributed by atoms with van der Waals surface area (Å²) >= 11 is 0. The van der Waals surface area contributed by atoms with Crippen LogP contribution in [0.2, 0.25) is 0 Å². The number of ether oxygens (including phenoxy) is 3. The molecular formula is C14H26NO14P. The standard InChI is InChI=1S/C14H26NO14P/c1-4(18)15-7-9(20)12(6(3-17)27-13(7)29-30(23,24)25)28-14-11(22)10(21)8(19)5(2-16)26-14/h5-14,16-17,19-22H,2-3H2,1H3,(H,15,18)(H2,23,24,25)/t5-,6-,7-,8+,9-,10+,11-,12-,13-,14+/m1/s1. The van der Waals surface area contributed by atoms with Gasteiger partial charge in [0.05, 0.1) is 13.2 Å². The van der Waals surface area contributed by atoms with Crippen molar-refractivity contribution >= 4 is 13.7 Å². The summed E-state index contributed by atoms with van der Waals surface area (Å²) in [4.78, 5) is 29.5. The first-order chi connectivity index (χ1) is 13.9. The van der Waals surface area contributed by atoms with Crippen LogP contribution in [0.3, 0.4) is 0 Å². The monoisotopic (exact) mass is 463 g/mol. The Hall–Kier alpha value is -0.780. The molecule has 15 nitrogen and oxygen atoms in total. The summed E-state index contributed by atoms with van der Waals surface area (Å²) in [5, 5.41) is 61.4. The number of phosphoric acid groups is 1. The van der Waals surface area contributed by atoms with Crippen LogP contribution in [0.1, 0.15) is 6.92 Å². The highest BCUT2D eigenvalue weighted by Crippen LogP contribution is 2.41. The second kappa shape index (κ2) is 10.2. The third-order valence-corrected chi connectivity index (χ3v) is 5.09. The zero-order chi connectivity index (χ0) is 22.8. The number of hydrogen-bond acceptors (Lipinski definition) is 12. The number of nitrogens with one attached hydrogen (secondary N) is 1. The topological polar surface area (TPSA) is 245 Å². The largest absolute Gasteiger partial charge is 0.472 e. The van der Waals surface area contributed by atoms with E-state index in [0.717, 1.165) is 6.92 Å². The summed E-state index contributed by atoms with van der Waals surface area (Å²) in [6.45, 7) is -0.551.